The van der Waals surface area contributed by atoms with Crippen LogP contribution in [0.5, 0.6) is 17.2 Å². The van der Waals surface area contributed by atoms with Gasteiger partial charge in [0.15, 0.2) is 0 Å². The molecule has 2 aromatic carbocycles. The summed E-state index contributed by atoms with van der Waals surface area (Å²) in [6.07, 6.45) is 1.27. The predicted molar refractivity (Wildman–Crippen MR) is 94.7 cm³/mol. The molecule has 0 saturated heterocycles. The zero-order valence-electron chi connectivity index (χ0n) is 13.8. The summed E-state index contributed by atoms with van der Waals surface area (Å²) in [5.74, 6) is 0.597. The average molecular weight is 372 g/mol. The summed E-state index contributed by atoms with van der Waals surface area (Å²) < 4.78 is 36.7. The fraction of sp³-hybridized carbons (Fsp3) is 0.0556. The number of aromatic nitrogens is 1. The smallest absolute Gasteiger partial charge is 0.340 e. The first-order valence-electron chi connectivity index (χ1n) is 7.59. The van der Waals surface area contributed by atoms with Gasteiger partial charge in [0.05, 0.1) is 0 Å². The predicted octanol–water partition coefficient (Wildman–Crippen LogP) is 2.68. The Bertz CT molecular complexity index is 1030. The van der Waals surface area contributed by atoms with Gasteiger partial charge >= 0.3 is 10.1 Å². The van der Waals surface area contributed by atoms with Gasteiger partial charge in [-0.2, -0.15) is 8.42 Å². The number of nitrogens with two attached hydrogens (primary N) is 1. The van der Waals surface area contributed by atoms with Crippen LogP contribution in [0.1, 0.15) is 10.5 Å². The minimum atomic E-state index is -4.09. The second-order valence-electron chi connectivity index (χ2n) is 5.46. The van der Waals surface area contributed by atoms with Gasteiger partial charge in [0.2, 0.25) is 0 Å². The second kappa shape index (κ2) is 6.93. The highest BCUT2D eigenvalue weighted by atomic mass is 32.2. The van der Waals surface area contributed by atoms with Crippen LogP contribution >= 0.6 is 0 Å². The molecule has 1 aromatic heterocycles. The van der Waals surface area contributed by atoms with Gasteiger partial charge in [-0.1, -0.05) is 18.2 Å². The van der Waals surface area contributed by atoms with E-state index >= 15 is 0 Å². The van der Waals surface area contributed by atoms with Gasteiger partial charge in [-0.25, -0.2) is 0 Å². The molecule has 0 unspecified atom stereocenters. The Morgan fingerprint density at radius 2 is 1.54 bits per heavy atom. The maximum absolute atomic E-state index is 12.3. The first kappa shape index (κ1) is 17.6. The highest BCUT2D eigenvalue weighted by molar-refractivity contribution is 7.87. The lowest BCUT2D eigenvalue weighted by Crippen LogP contribution is -2.14. The van der Waals surface area contributed by atoms with Crippen LogP contribution in [0.2, 0.25) is 0 Å². The molecule has 26 heavy (non-hydrogen) atoms. The van der Waals surface area contributed by atoms with Crippen LogP contribution in [0.25, 0.3) is 0 Å². The third kappa shape index (κ3) is 3.86. The van der Waals surface area contributed by atoms with Crippen LogP contribution in [0.15, 0.2) is 71.8 Å². The minimum absolute atomic E-state index is 0.0683. The number of rotatable bonds is 6. The molecular weight excluding hydrogens is 356 g/mol. The number of carbonyl (C=O) groups excluding carboxylic acids is 1. The van der Waals surface area contributed by atoms with Gasteiger partial charge in [-0.05, 0) is 42.5 Å². The van der Waals surface area contributed by atoms with Crippen molar-refractivity contribution in [2.45, 2.75) is 4.90 Å². The molecule has 0 atom stereocenters. The van der Waals surface area contributed by atoms with E-state index in [-0.39, 0.29) is 16.3 Å². The third-order valence-corrected chi connectivity index (χ3v) is 4.74. The van der Waals surface area contributed by atoms with Crippen LogP contribution in [0, 0.1) is 0 Å². The standard InChI is InChI=1S/C18H16N2O5S/c1-20-12-16(11-17(20)18(19)21)26(22,23)25-15-9-7-14(8-10-15)24-13-5-3-2-4-6-13/h2-12H,1H3,(H2,19,21). The van der Waals surface area contributed by atoms with Crippen molar-refractivity contribution in [3.63, 3.8) is 0 Å². The van der Waals surface area contributed by atoms with E-state index in [9.17, 15) is 13.2 Å². The molecule has 134 valence electrons. The van der Waals surface area contributed by atoms with Gasteiger partial charge < -0.3 is 19.2 Å². The Morgan fingerprint density at radius 3 is 2.12 bits per heavy atom. The number of ether oxygens (including phenoxy) is 1. The Hall–Kier alpha value is -3.26. The van der Waals surface area contributed by atoms with Crippen molar-refractivity contribution in [2.24, 2.45) is 12.8 Å². The van der Waals surface area contributed by atoms with Crippen LogP contribution < -0.4 is 14.7 Å². The molecule has 0 radical (unpaired) electrons. The molecule has 1 heterocycles. The number of primary amides is 1. The van der Waals surface area contributed by atoms with Crippen molar-refractivity contribution < 1.29 is 22.1 Å². The molecule has 0 bridgehead atoms. The fourth-order valence-electron chi connectivity index (χ4n) is 2.28. The molecule has 0 spiro atoms. The van der Waals surface area contributed by atoms with E-state index in [2.05, 4.69) is 0 Å². The van der Waals surface area contributed by atoms with Gasteiger partial charge in [-0.3, -0.25) is 4.79 Å². The van der Waals surface area contributed by atoms with E-state index < -0.39 is 16.0 Å². The molecule has 0 fully saturated rings. The lowest BCUT2D eigenvalue weighted by Gasteiger charge is -2.08. The lowest BCUT2D eigenvalue weighted by molar-refractivity contribution is 0.0992. The van der Waals surface area contributed by atoms with Crippen LogP contribution in [0.4, 0.5) is 0 Å². The zero-order chi connectivity index (χ0) is 18.7. The molecule has 7 nitrogen and oxygen atoms in total. The van der Waals surface area contributed by atoms with Gasteiger partial charge in [0.1, 0.15) is 27.8 Å². The van der Waals surface area contributed by atoms with Crippen LogP contribution in [-0.2, 0) is 17.2 Å². The summed E-state index contributed by atoms with van der Waals surface area (Å²) in [4.78, 5) is 11.1. The molecule has 2 N–H and O–H groups in total. The van der Waals surface area contributed by atoms with Crippen molar-refractivity contribution in [2.75, 3.05) is 0 Å². The van der Waals surface area contributed by atoms with Crippen LogP contribution in [-0.4, -0.2) is 18.9 Å². The molecule has 0 aliphatic rings. The number of carbonyl (C=O) groups is 1. The summed E-state index contributed by atoms with van der Waals surface area (Å²) in [5, 5.41) is 0. The van der Waals surface area contributed by atoms with E-state index in [4.69, 9.17) is 14.7 Å². The number of hydrogen-bond donors (Lipinski definition) is 1. The molecule has 1 amide bonds. The molecular formula is C18H16N2O5S. The van der Waals surface area contributed by atoms with Crippen molar-refractivity contribution >= 4 is 16.0 Å². The summed E-state index contributed by atoms with van der Waals surface area (Å²) in [7, 11) is -2.57. The Morgan fingerprint density at radius 1 is 0.962 bits per heavy atom. The average Bonchev–Trinajstić information content (AvgIpc) is 3.00. The molecule has 0 saturated carbocycles. The number of nitrogens with zero attached hydrogens (tertiary/aromatic N) is 1. The topological polar surface area (TPSA) is 101 Å². The summed E-state index contributed by atoms with van der Waals surface area (Å²) in [6, 6.07) is 16.5. The van der Waals surface area contributed by atoms with E-state index in [1.165, 1.54) is 36.0 Å². The number of para-hydroxylation sites is 1. The highest BCUT2D eigenvalue weighted by Gasteiger charge is 2.21. The Kier molecular flexibility index (Phi) is 4.68. The maximum Gasteiger partial charge on any atom is 0.340 e. The number of amides is 1. The van der Waals surface area contributed by atoms with E-state index in [1.807, 2.05) is 18.2 Å². The summed E-state index contributed by atoms with van der Waals surface area (Å²) >= 11 is 0. The number of benzene rings is 2. The van der Waals surface area contributed by atoms with Gasteiger partial charge in [0.25, 0.3) is 5.91 Å². The van der Waals surface area contributed by atoms with E-state index in [1.54, 1.807) is 24.3 Å². The SMILES string of the molecule is Cn1cc(S(=O)(=O)Oc2ccc(Oc3ccccc3)cc2)cc1C(N)=O. The van der Waals surface area contributed by atoms with Crippen molar-refractivity contribution in [1.82, 2.24) is 4.57 Å². The maximum atomic E-state index is 12.3. The summed E-state index contributed by atoms with van der Waals surface area (Å²) in [6.45, 7) is 0. The molecule has 8 heteroatoms. The van der Waals surface area contributed by atoms with Crippen molar-refractivity contribution in [3.8, 4) is 17.2 Å². The van der Waals surface area contributed by atoms with Gasteiger partial charge in [-0.15, -0.1) is 0 Å². The summed E-state index contributed by atoms with van der Waals surface area (Å²) in [5.41, 5.74) is 5.26. The van der Waals surface area contributed by atoms with Crippen molar-refractivity contribution in [1.29, 1.82) is 0 Å². The van der Waals surface area contributed by atoms with Gasteiger partial charge in [0, 0.05) is 13.2 Å². The lowest BCUT2D eigenvalue weighted by atomic mass is 10.3. The zero-order valence-corrected chi connectivity index (χ0v) is 14.6. The minimum Gasteiger partial charge on any atom is -0.457 e. The Balaban J connectivity index is 1.76. The van der Waals surface area contributed by atoms with Crippen LogP contribution in [0.3, 0.4) is 0 Å². The largest absolute Gasteiger partial charge is 0.457 e. The van der Waals surface area contributed by atoms with E-state index in [0.717, 1.165) is 0 Å². The molecule has 3 rings (SSSR count). The van der Waals surface area contributed by atoms with Crippen molar-refractivity contribution in [3.05, 3.63) is 72.6 Å². The molecule has 0 aliphatic heterocycles. The monoisotopic (exact) mass is 372 g/mol. The first-order chi connectivity index (χ1) is 12.3. The second-order valence-corrected chi connectivity index (χ2v) is 7.01. The molecule has 3 aromatic rings. The molecule has 0 aliphatic carbocycles. The Labute approximate surface area is 150 Å². The first-order valence-corrected chi connectivity index (χ1v) is 8.99. The highest BCUT2D eigenvalue weighted by Crippen LogP contribution is 2.25. The quantitative estimate of drug-likeness (QED) is 0.671. The van der Waals surface area contributed by atoms with E-state index in [0.29, 0.717) is 11.5 Å². The third-order valence-electron chi connectivity index (χ3n) is 3.53. The number of hydrogen-bond acceptors (Lipinski definition) is 5. The fourth-order valence-corrected chi connectivity index (χ4v) is 3.28. The number of aryl methyl sites for hydroxylation is 1. The normalized spacial score (nSPS) is 11.1.